The third-order valence-electron chi connectivity index (χ3n) is 1.96. The van der Waals surface area contributed by atoms with E-state index in [9.17, 15) is 4.79 Å². The van der Waals surface area contributed by atoms with Gasteiger partial charge in [0.05, 0.1) is 16.8 Å². The van der Waals surface area contributed by atoms with E-state index in [1.165, 1.54) is 0 Å². The second kappa shape index (κ2) is 5.49. The fraction of sp³-hybridized carbons (Fsp3) is 0.300. The molecule has 1 atom stereocenters. The van der Waals surface area contributed by atoms with E-state index in [0.717, 1.165) is 4.47 Å². The fourth-order valence-electron chi connectivity index (χ4n) is 1.00. The lowest BCUT2D eigenvalue weighted by molar-refractivity contribution is -0.117. The second-order valence-corrected chi connectivity index (χ2v) is 4.45. The summed E-state index contributed by atoms with van der Waals surface area (Å²) in [5, 5.41) is 3.17. The van der Waals surface area contributed by atoms with Gasteiger partial charge in [0, 0.05) is 4.47 Å². The standard InChI is InChI=1S/C10H12BrClN2O/c1-2-8(13)10(15)14-9-5-6(11)3-4-7(9)12/h3-5,8H,2,13H2,1H3,(H,14,15). The van der Waals surface area contributed by atoms with Crippen LogP contribution in [0.1, 0.15) is 13.3 Å². The zero-order valence-corrected chi connectivity index (χ0v) is 10.6. The summed E-state index contributed by atoms with van der Waals surface area (Å²) in [6.07, 6.45) is 0.595. The highest BCUT2D eigenvalue weighted by molar-refractivity contribution is 9.10. The molecule has 0 spiro atoms. The minimum atomic E-state index is -0.500. The minimum Gasteiger partial charge on any atom is -0.323 e. The van der Waals surface area contributed by atoms with E-state index in [0.29, 0.717) is 17.1 Å². The summed E-state index contributed by atoms with van der Waals surface area (Å²) in [4.78, 5) is 11.5. The number of benzene rings is 1. The van der Waals surface area contributed by atoms with Crippen molar-refractivity contribution in [2.75, 3.05) is 5.32 Å². The Morgan fingerprint density at radius 3 is 2.93 bits per heavy atom. The molecule has 0 fully saturated rings. The van der Waals surface area contributed by atoms with Crippen LogP contribution in [0.15, 0.2) is 22.7 Å². The van der Waals surface area contributed by atoms with E-state index in [1.54, 1.807) is 18.2 Å². The van der Waals surface area contributed by atoms with Crippen molar-refractivity contribution in [2.24, 2.45) is 5.73 Å². The summed E-state index contributed by atoms with van der Waals surface area (Å²) in [5.74, 6) is -0.225. The van der Waals surface area contributed by atoms with Gasteiger partial charge in [-0.2, -0.15) is 0 Å². The minimum absolute atomic E-state index is 0.225. The molecule has 5 heteroatoms. The van der Waals surface area contributed by atoms with E-state index in [-0.39, 0.29) is 5.91 Å². The highest BCUT2D eigenvalue weighted by Crippen LogP contribution is 2.25. The molecule has 1 amide bonds. The molecule has 0 bridgehead atoms. The van der Waals surface area contributed by atoms with Crippen molar-refractivity contribution in [3.8, 4) is 0 Å². The largest absolute Gasteiger partial charge is 0.323 e. The van der Waals surface area contributed by atoms with Gasteiger partial charge in [-0.3, -0.25) is 4.79 Å². The van der Waals surface area contributed by atoms with Gasteiger partial charge < -0.3 is 11.1 Å². The number of amides is 1. The highest BCUT2D eigenvalue weighted by atomic mass is 79.9. The van der Waals surface area contributed by atoms with Crippen LogP contribution in [0.4, 0.5) is 5.69 Å². The highest BCUT2D eigenvalue weighted by Gasteiger charge is 2.12. The molecule has 1 unspecified atom stereocenters. The van der Waals surface area contributed by atoms with Crippen molar-refractivity contribution in [1.29, 1.82) is 0 Å². The van der Waals surface area contributed by atoms with Gasteiger partial charge in [0.2, 0.25) is 5.91 Å². The summed E-state index contributed by atoms with van der Waals surface area (Å²) >= 11 is 9.21. The van der Waals surface area contributed by atoms with Crippen molar-refractivity contribution < 1.29 is 4.79 Å². The van der Waals surface area contributed by atoms with Gasteiger partial charge >= 0.3 is 0 Å². The molecule has 82 valence electrons. The molecular weight excluding hydrogens is 279 g/mol. The maximum Gasteiger partial charge on any atom is 0.241 e. The number of anilines is 1. The van der Waals surface area contributed by atoms with Gasteiger partial charge in [-0.05, 0) is 24.6 Å². The van der Waals surface area contributed by atoms with E-state index in [1.807, 2.05) is 6.92 Å². The van der Waals surface area contributed by atoms with Gasteiger partial charge in [0.25, 0.3) is 0 Å². The van der Waals surface area contributed by atoms with Crippen LogP contribution in [-0.2, 0) is 4.79 Å². The Labute approximate surface area is 102 Å². The molecule has 0 aliphatic heterocycles. The summed E-state index contributed by atoms with van der Waals surface area (Å²) < 4.78 is 0.854. The first-order valence-electron chi connectivity index (χ1n) is 4.56. The number of nitrogens with one attached hydrogen (secondary N) is 1. The lowest BCUT2D eigenvalue weighted by Crippen LogP contribution is -2.34. The maximum atomic E-state index is 11.5. The van der Waals surface area contributed by atoms with E-state index in [2.05, 4.69) is 21.2 Å². The van der Waals surface area contributed by atoms with Gasteiger partial charge in [-0.1, -0.05) is 34.5 Å². The Bertz CT molecular complexity index is 370. The Kier molecular flexibility index (Phi) is 4.57. The van der Waals surface area contributed by atoms with Gasteiger partial charge in [-0.25, -0.2) is 0 Å². The average molecular weight is 292 g/mol. The number of rotatable bonds is 3. The summed E-state index contributed by atoms with van der Waals surface area (Å²) in [6.45, 7) is 1.85. The van der Waals surface area contributed by atoms with Crippen LogP contribution in [0.25, 0.3) is 0 Å². The third-order valence-corrected chi connectivity index (χ3v) is 2.79. The van der Waals surface area contributed by atoms with Crippen LogP contribution >= 0.6 is 27.5 Å². The Morgan fingerprint density at radius 2 is 2.33 bits per heavy atom. The Morgan fingerprint density at radius 1 is 1.67 bits per heavy atom. The molecule has 3 nitrogen and oxygen atoms in total. The quantitative estimate of drug-likeness (QED) is 0.900. The van der Waals surface area contributed by atoms with Crippen molar-refractivity contribution >= 4 is 39.1 Å². The molecule has 3 N–H and O–H groups in total. The SMILES string of the molecule is CCC(N)C(=O)Nc1cc(Br)ccc1Cl. The van der Waals surface area contributed by atoms with Gasteiger partial charge in [0.15, 0.2) is 0 Å². The van der Waals surface area contributed by atoms with Crippen molar-refractivity contribution in [3.63, 3.8) is 0 Å². The molecule has 0 saturated heterocycles. The smallest absolute Gasteiger partial charge is 0.241 e. The van der Waals surface area contributed by atoms with Crippen molar-refractivity contribution in [3.05, 3.63) is 27.7 Å². The topological polar surface area (TPSA) is 55.1 Å². The van der Waals surface area contributed by atoms with Crippen molar-refractivity contribution in [1.82, 2.24) is 0 Å². The number of nitrogens with two attached hydrogens (primary N) is 1. The molecule has 1 aromatic carbocycles. The number of carbonyl (C=O) groups excluding carboxylic acids is 1. The number of halogens is 2. The van der Waals surface area contributed by atoms with Gasteiger partial charge in [0.1, 0.15) is 0 Å². The summed E-state index contributed by atoms with van der Waals surface area (Å²) in [5.41, 5.74) is 6.15. The first-order chi connectivity index (χ1) is 7.04. The van der Waals surface area contributed by atoms with Crippen LogP contribution in [0.5, 0.6) is 0 Å². The predicted octanol–water partition coefficient (Wildman–Crippen LogP) is 2.78. The number of hydrogen-bond donors (Lipinski definition) is 2. The molecule has 0 heterocycles. The third kappa shape index (κ3) is 3.48. The molecule has 1 aromatic rings. The number of hydrogen-bond acceptors (Lipinski definition) is 2. The van der Waals surface area contributed by atoms with Crippen molar-refractivity contribution in [2.45, 2.75) is 19.4 Å². The molecule has 15 heavy (non-hydrogen) atoms. The Hall–Kier alpha value is -0.580. The molecular formula is C10H12BrClN2O. The normalized spacial score (nSPS) is 12.3. The predicted molar refractivity (Wildman–Crippen MR) is 66.0 cm³/mol. The number of carbonyl (C=O) groups is 1. The van der Waals surface area contributed by atoms with E-state index < -0.39 is 6.04 Å². The molecule has 0 aromatic heterocycles. The Balaban J connectivity index is 2.80. The zero-order valence-electron chi connectivity index (χ0n) is 8.26. The van der Waals surface area contributed by atoms with Crippen LogP contribution in [0.3, 0.4) is 0 Å². The lowest BCUT2D eigenvalue weighted by atomic mass is 10.2. The first-order valence-corrected chi connectivity index (χ1v) is 5.73. The second-order valence-electron chi connectivity index (χ2n) is 3.13. The van der Waals surface area contributed by atoms with Gasteiger partial charge in [-0.15, -0.1) is 0 Å². The van der Waals surface area contributed by atoms with E-state index in [4.69, 9.17) is 17.3 Å². The van der Waals surface area contributed by atoms with Crippen LogP contribution in [0.2, 0.25) is 5.02 Å². The average Bonchev–Trinajstić information content (AvgIpc) is 2.22. The first kappa shape index (κ1) is 12.5. The van der Waals surface area contributed by atoms with Crippen LogP contribution in [-0.4, -0.2) is 11.9 Å². The maximum absolute atomic E-state index is 11.5. The van der Waals surface area contributed by atoms with Crippen LogP contribution in [0, 0.1) is 0 Å². The van der Waals surface area contributed by atoms with Crippen LogP contribution < -0.4 is 11.1 Å². The molecule has 0 aliphatic rings. The fourth-order valence-corrected chi connectivity index (χ4v) is 1.53. The summed E-state index contributed by atoms with van der Waals surface area (Å²) in [6, 6.07) is 4.75. The lowest BCUT2D eigenvalue weighted by Gasteiger charge is -2.11. The monoisotopic (exact) mass is 290 g/mol. The van der Waals surface area contributed by atoms with E-state index >= 15 is 0 Å². The summed E-state index contributed by atoms with van der Waals surface area (Å²) in [7, 11) is 0. The molecule has 0 radical (unpaired) electrons. The zero-order chi connectivity index (χ0) is 11.4. The molecule has 0 aliphatic carbocycles. The molecule has 1 rings (SSSR count). The molecule has 0 saturated carbocycles.